The molecule has 5 nitrogen and oxygen atoms in total. The zero-order chi connectivity index (χ0) is 21.6. The first kappa shape index (κ1) is 21.0. The van der Waals surface area contributed by atoms with Crippen LogP contribution in [0, 0.1) is 6.92 Å². The average Bonchev–Trinajstić information content (AvgIpc) is 3.47. The summed E-state index contributed by atoms with van der Waals surface area (Å²) in [6, 6.07) is 20.4. The molecule has 4 rings (SSSR count). The van der Waals surface area contributed by atoms with Crippen molar-refractivity contribution in [1.82, 2.24) is 15.3 Å². The number of thioether (sulfide) groups is 1. The van der Waals surface area contributed by atoms with Gasteiger partial charge >= 0.3 is 0 Å². The van der Waals surface area contributed by atoms with Gasteiger partial charge in [0.2, 0.25) is 5.91 Å². The minimum absolute atomic E-state index is 0.0619. The number of aromatic amines is 1. The Balaban J connectivity index is 1.54. The van der Waals surface area contributed by atoms with Crippen LogP contribution in [-0.4, -0.2) is 21.6 Å². The monoisotopic (exact) mass is 431 g/mol. The van der Waals surface area contributed by atoms with Gasteiger partial charge in [-0.1, -0.05) is 72.8 Å². The number of carbonyl (C=O) groups excluding carboxylic acids is 1. The summed E-state index contributed by atoms with van der Waals surface area (Å²) in [5.41, 5.74) is 5.49. The van der Waals surface area contributed by atoms with E-state index < -0.39 is 0 Å². The number of hydrogen-bond acceptors (Lipinski definition) is 4. The number of benzene rings is 2. The first-order valence-corrected chi connectivity index (χ1v) is 11.3. The van der Waals surface area contributed by atoms with Crippen LogP contribution in [0.5, 0.6) is 0 Å². The van der Waals surface area contributed by atoms with Gasteiger partial charge in [-0.05, 0) is 31.0 Å². The van der Waals surface area contributed by atoms with Crippen LogP contribution in [0.25, 0.3) is 22.6 Å². The standard InChI is InChI=1S/C25H25N3O2S/c1-3-18-8-12-20(13-9-18)24-27-23(19-10-6-17(2)7-11-19)25(28-24)31-16-22(29)26-15-21-5-4-14-30-21/h4-14H,3,15-16H2,1-2H3,(H,26,29)(H,27,28). The molecule has 4 aromatic rings. The van der Waals surface area contributed by atoms with E-state index in [2.05, 4.69) is 72.7 Å². The Labute approximate surface area is 186 Å². The van der Waals surface area contributed by atoms with E-state index in [4.69, 9.17) is 9.40 Å². The molecule has 0 saturated carbocycles. The molecular formula is C25H25N3O2S. The van der Waals surface area contributed by atoms with E-state index in [9.17, 15) is 4.79 Å². The molecule has 0 atom stereocenters. The Bertz CT molecular complexity index is 1130. The second-order valence-electron chi connectivity index (χ2n) is 7.33. The molecule has 0 aliphatic heterocycles. The van der Waals surface area contributed by atoms with Crippen LogP contribution >= 0.6 is 11.8 Å². The Morgan fingerprint density at radius 3 is 2.48 bits per heavy atom. The zero-order valence-electron chi connectivity index (χ0n) is 17.6. The lowest BCUT2D eigenvalue weighted by atomic mass is 10.1. The van der Waals surface area contributed by atoms with Crippen LogP contribution in [0.2, 0.25) is 0 Å². The molecule has 158 valence electrons. The molecule has 2 aromatic heterocycles. The Morgan fingerprint density at radius 1 is 1.06 bits per heavy atom. The third-order valence-corrected chi connectivity index (χ3v) is 6.00. The van der Waals surface area contributed by atoms with E-state index in [0.29, 0.717) is 6.54 Å². The van der Waals surface area contributed by atoms with E-state index >= 15 is 0 Å². The van der Waals surface area contributed by atoms with Gasteiger partial charge in [-0.2, -0.15) is 0 Å². The van der Waals surface area contributed by atoms with Crippen molar-refractivity contribution >= 4 is 17.7 Å². The van der Waals surface area contributed by atoms with Crippen LogP contribution in [-0.2, 0) is 17.8 Å². The summed E-state index contributed by atoms with van der Waals surface area (Å²) in [5.74, 6) is 1.75. The van der Waals surface area contributed by atoms with Gasteiger partial charge in [0.25, 0.3) is 0 Å². The molecule has 2 aromatic carbocycles. The molecule has 0 unspecified atom stereocenters. The average molecular weight is 432 g/mol. The predicted octanol–water partition coefficient (Wildman–Crippen LogP) is 5.62. The van der Waals surface area contributed by atoms with Crippen molar-refractivity contribution in [3.05, 3.63) is 83.8 Å². The van der Waals surface area contributed by atoms with Crippen molar-refractivity contribution in [2.24, 2.45) is 0 Å². The number of imidazole rings is 1. The molecule has 0 radical (unpaired) electrons. The maximum atomic E-state index is 12.3. The minimum Gasteiger partial charge on any atom is -0.467 e. The van der Waals surface area contributed by atoms with Crippen LogP contribution in [0.15, 0.2) is 76.4 Å². The number of nitrogens with one attached hydrogen (secondary N) is 2. The Hall–Kier alpha value is -3.25. The third-order valence-electron chi connectivity index (χ3n) is 5.03. The largest absolute Gasteiger partial charge is 0.467 e. The summed E-state index contributed by atoms with van der Waals surface area (Å²) >= 11 is 1.43. The Morgan fingerprint density at radius 2 is 1.81 bits per heavy atom. The van der Waals surface area contributed by atoms with E-state index in [1.54, 1.807) is 6.26 Å². The van der Waals surface area contributed by atoms with Crippen LogP contribution in [0.1, 0.15) is 23.8 Å². The lowest BCUT2D eigenvalue weighted by Crippen LogP contribution is -2.24. The maximum Gasteiger partial charge on any atom is 0.230 e. The van der Waals surface area contributed by atoms with Gasteiger partial charge in [-0.25, -0.2) is 4.98 Å². The molecule has 2 N–H and O–H groups in total. The van der Waals surface area contributed by atoms with Gasteiger partial charge in [-0.3, -0.25) is 4.79 Å². The zero-order valence-corrected chi connectivity index (χ0v) is 18.5. The topological polar surface area (TPSA) is 70.9 Å². The summed E-state index contributed by atoms with van der Waals surface area (Å²) in [6.45, 7) is 4.59. The maximum absolute atomic E-state index is 12.3. The highest BCUT2D eigenvalue weighted by Crippen LogP contribution is 2.32. The third kappa shape index (κ3) is 5.27. The van der Waals surface area contributed by atoms with Crippen molar-refractivity contribution in [3.63, 3.8) is 0 Å². The van der Waals surface area contributed by atoms with Gasteiger partial charge in [0.05, 0.1) is 24.3 Å². The molecular weight excluding hydrogens is 406 g/mol. The van der Waals surface area contributed by atoms with Crippen molar-refractivity contribution in [1.29, 1.82) is 0 Å². The van der Waals surface area contributed by atoms with Gasteiger partial charge in [-0.15, -0.1) is 0 Å². The summed E-state index contributed by atoms with van der Waals surface area (Å²) in [5, 5.41) is 3.69. The predicted molar refractivity (Wildman–Crippen MR) is 125 cm³/mol. The van der Waals surface area contributed by atoms with Crippen molar-refractivity contribution in [2.45, 2.75) is 31.8 Å². The number of rotatable bonds is 8. The lowest BCUT2D eigenvalue weighted by molar-refractivity contribution is -0.118. The van der Waals surface area contributed by atoms with Gasteiger partial charge in [0, 0.05) is 11.1 Å². The highest BCUT2D eigenvalue weighted by atomic mass is 32.2. The number of nitrogens with zero attached hydrogens (tertiary/aromatic N) is 1. The Kier molecular flexibility index (Phi) is 6.57. The fourth-order valence-corrected chi connectivity index (χ4v) is 4.04. The second kappa shape index (κ2) is 9.71. The lowest BCUT2D eigenvalue weighted by Gasteiger charge is -2.04. The van der Waals surface area contributed by atoms with Gasteiger partial charge < -0.3 is 14.7 Å². The highest BCUT2D eigenvalue weighted by Gasteiger charge is 2.16. The molecule has 31 heavy (non-hydrogen) atoms. The summed E-state index contributed by atoms with van der Waals surface area (Å²) in [6.07, 6.45) is 2.60. The molecule has 0 aliphatic carbocycles. The van der Waals surface area contributed by atoms with Crippen molar-refractivity contribution in [3.8, 4) is 22.6 Å². The normalized spacial score (nSPS) is 10.9. The molecule has 1 amide bonds. The van der Waals surface area contributed by atoms with E-state index in [1.807, 2.05) is 12.1 Å². The SMILES string of the molecule is CCc1ccc(-c2nc(SCC(=O)NCc3ccco3)c(-c3ccc(C)cc3)[nH]2)cc1. The summed E-state index contributed by atoms with van der Waals surface area (Å²) < 4.78 is 5.26. The first-order valence-electron chi connectivity index (χ1n) is 10.3. The molecule has 6 heteroatoms. The number of amides is 1. The van der Waals surface area contributed by atoms with Crippen molar-refractivity contribution in [2.75, 3.05) is 5.75 Å². The number of hydrogen-bond donors (Lipinski definition) is 2. The van der Waals surface area contributed by atoms with Crippen LogP contribution < -0.4 is 5.32 Å². The number of carbonyl (C=O) groups is 1. The molecule has 2 heterocycles. The summed E-state index contributed by atoms with van der Waals surface area (Å²) in [7, 11) is 0. The minimum atomic E-state index is -0.0619. The first-order chi connectivity index (χ1) is 15.1. The highest BCUT2D eigenvalue weighted by molar-refractivity contribution is 8.00. The fourth-order valence-electron chi connectivity index (χ4n) is 3.20. The number of aromatic nitrogens is 2. The number of furan rings is 1. The summed E-state index contributed by atoms with van der Waals surface area (Å²) in [4.78, 5) is 20.6. The number of H-pyrrole nitrogens is 1. The van der Waals surface area contributed by atoms with Gasteiger partial charge in [0.1, 0.15) is 16.6 Å². The molecule has 0 bridgehead atoms. The smallest absolute Gasteiger partial charge is 0.230 e. The van der Waals surface area contributed by atoms with Crippen molar-refractivity contribution < 1.29 is 9.21 Å². The fraction of sp³-hybridized carbons (Fsp3) is 0.200. The molecule has 0 spiro atoms. The molecule has 0 aliphatic rings. The molecule has 0 saturated heterocycles. The van der Waals surface area contributed by atoms with Crippen LogP contribution in [0.4, 0.5) is 0 Å². The molecule has 0 fully saturated rings. The number of aryl methyl sites for hydroxylation is 2. The van der Waals surface area contributed by atoms with Crippen LogP contribution in [0.3, 0.4) is 0 Å². The van der Waals surface area contributed by atoms with Gasteiger partial charge in [0.15, 0.2) is 0 Å². The van der Waals surface area contributed by atoms with E-state index in [-0.39, 0.29) is 11.7 Å². The van der Waals surface area contributed by atoms with E-state index in [0.717, 1.165) is 39.9 Å². The second-order valence-corrected chi connectivity index (χ2v) is 8.29. The quantitative estimate of drug-likeness (QED) is 0.355. The van der Waals surface area contributed by atoms with E-state index in [1.165, 1.54) is 22.9 Å².